The van der Waals surface area contributed by atoms with Gasteiger partial charge < -0.3 is 25.6 Å². The molecular weight excluding hydrogens is 408 g/mol. The Kier molecular flexibility index (Phi) is 8.48. The van der Waals surface area contributed by atoms with Crippen LogP contribution in [0.4, 0.5) is 16.2 Å². The minimum atomic E-state index is -0.539. The number of amides is 3. The highest BCUT2D eigenvalue weighted by molar-refractivity contribution is 6.02. The molecule has 1 saturated heterocycles. The Morgan fingerprint density at radius 3 is 2.47 bits per heavy atom. The highest BCUT2D eigenvalue weighted by Crippen LogP contribution is 2.27. The van der Waals surface area contributed by atoms with E-state index in [0.29, 0.717) is 17.8 Å². The van der Waals surface area contributed by atoms with E-state index in [9.17, 15) is 14.4 Å². The van der Waals surface area contributed by atoms with Crippen LogP contribution in [0, 0.1) is 0 Å². The van der Waals surface area contributed by atoms with Gasteiger partial charge in [-0.3, -0.25) is 9.59 Å². The van der Waals surface area contributed by atoms with Crippen LogP contribution in [0.25, 0.3) is 0 Å². The molecule has 0 radical (unpaired) electrons. The van der Waals surface area contributed by atoms with Crippen molar-refractivity contribution in [2.75, 3.05) is 43.0 Å². The number of rotatable bonds is 9. The average molecular weight is 439 g/mol. The zero-order valence-electron chi connectivity index (χ0n) is 18.4. The molecule has 0 unspecified atom stereocenters. The van der Waals surface area contributed by atoms with Crippen LogP contribution in [0.2, 0.25) is 0 Å². The monoisotopic (exact) mass is 438 g/mol. The summed E-state index contributed by atoms with van der Waals surface area (Å²) in [7, 11) is 0. The van der Waals surface area contributed by atoms with Gasteiger partial charge in [0.25, 0.3) is 5.91 Å². The van der Waals surface area contributed by atoms with Crippen LogP contribution in [0.5, 0.6) is 0 Å². The van der Waals surface area contributed by atoms with Crippen molar-refractivity contribution in [3.8, 4) is 0 Å². The summed E-state index contributed by atoms with van der Waals surface area (Å²) in [4.78, 5) is 38.7. The summed E-state index contributed by atoms with van der Waals surface area (Å²) in [5, 5.41) is 8.12. The predicted octanol–water partition coefficient (Wildman–Crippen LogP) is 2.94. The first-order valence-corrected chi connectivity index (χ1v) is 11.0. The van der Waals surface area contributed by atoms with Gasteiger partial charge in [0.15, 0.2) is 0 Å². The molecule has 170 valence electrons. The van der Waals surface area contributed by atoms with E-state index in [-0.39, 0.29) is 19.1 Å². The molecule has 1 aliphatic heterocycles. The highest BCUT2D eigenvalue weighted by atomic mass is 16.5. The Bertz CT molecular complexity index is 927. The summed E-state index contributed by atoms with van der Waals surface area (Å²) in [5.41, 5.74) is 3.00. The number of anilines is 2. The fourth-order valence-corrected chi connectivity index (χ4v) is 3.63. The summed E-state index contributed by atoms with van der Waals surface area (Å²) < 4.78 is 4.80. The molecule has 8 nitrogen and oxygen atoms in total. The minimum Gasteiger partial charge on any atom is -0.465 e. The van der Waals surface area contributed by atoms with E-state index in [0.717, 1.165) is 43.6 Å². The molecule has 1 heterocycles. The maximum atomic E-state index is 13.0. The zero-order chi connectivity index (χ0) is 22.8. The number of benzene rings is 2. The predicted molar refractivity (Wildman–Crippen MR) is 124 cm³/mol. The summed E-state index contributed by atoms with van der Waals surface area (Å²) >= 11 is 0. The van der Waals surface area contributed by atoms with E-state index in [4.69, 9.17) is 4.74 Å². The third-order valence-electron chi connectivity index (χ3n) is 5.19. The fraction of sp³-hybridized carbons (Fsp3) is 0.375. The standard InChI is InChI=1S/C24H30N4O4/c1-2-32-22(29)17-26-24(31)27-19-10-11-21(28-14-6-7-15-28)20(16-19)23(30)25-13-12-18-8-4-3-5-9-18/h3-5,8-11,16H,2,6-7,12-15,17H2,1H3,(H,25,30)(H2,26,27,31). The fourth-order valence-electron chi connectivity index (χ4n) is 3.63. The first-order valence-electron chi connectivity index (χ1n) is 11.0. The molecule has 0 saturated carbocycles. The number of hydrogen-bond acceptors (Lipinski definition) is 5. The second-order valence-electron chi connectivity index (χ2n) is 7.53. The van der Waals surface area contributed by atoms with Crippen molar-refractivity contribution in [2.24, 2.45) is 0 Å². The highest BCUT2D eigenvalue weighted by Gasteiger charge is 2.20. The average Bonchev–Trinajstić information content (AvgIpc) is 3.33. The van der Waals surface area contributed by atoms with Gasteiger partial charge >= 0.3 is 12.0 Å². The van der Waals surface area contributed by atoms with Crippen LogP contribution in [0.15, 0.2) is 48.5 Å². The second-order valence-corrected chi connectivity index (χ2v) is 7.53. The first kappa shape index (κ1) is 23.1. The molecule has 1 fully saturated rings. The molecule has 0 spiro atoms. The Labute approximate surface area is 188 Å². The van der Waals surface area contributed by atoms with Crippen molar-refractivity contribution in [3.05, 3.63) is 59.7 Å². The molecule has 3 rings (SSSR count). The summed E-state index contributed by atoms with van der Waals surface area (Å²) in [6.07, 6.45) is 2.91. The third-order valence-corrected chi connectivity index (χ3v) is 5.19. The summed E-state index contributed by atoms with van der Waals surface area (Å²) in [6, 6.07) is 14.7. The maximum Gasteiger partial charge on any atom is 0.325 e. The summed E-state index contributed by atoms with van der Waals surface area (Å²) in [6.45, 7) is 4.04. The normalized spacial score (nSPS) is 12.8. The van der Waals surface area contributed by atoms with E-state index in [2.05, 4.69) is 20.9 Å². The number of hydrogen-bond donors (Lipinski definition) is 3. The van der Waals surface area contributed by atoms with E-state index in [1.54, 1.807) is 19.1 Å². The lowest BCUT2D eigenvalue weighted by Gasteiger charge is -2.22. The molecule has 0 aromatic heterocycles. The molecule has 1 aliphatic rings. The van der Waals surface area contributed by atoms with Crippen molar-refractivity contribution < 1.29 is 19.1 Å². The molecule has 8 heteroatoms. The number of nitrogens with zero attached hydrogens (tertiary/aromatic N) is 1. The third kappa shape index (κ3) is 6.73. The van der Waals surface area contributed by atoms with Gasteiger partial charge in [0, 0.05) is 31.0 Å². The molecule has 3 amide bonds. The molecule has 0 bridgehead atoms. The molecule has 0 aliphatic carbocycles. The molecule has 2 aromatic carbocycles. The SMILES string of the molecule is CCOC(=O)CNC(=O)Nc1ccc(N2CCCC2)c(C(=O)NCCc2ccccc2)c1. The molecule has 2 aromatic rings. The maximum absolute atomic E-state index is 13.0. The molecule has 3 N–H and O–H groups in total. The van der Waals surface area contributed by atoms with Gasteiger partial charge in [-0.15, -0.1) is 0 Å². The lowest BCUT2D eigenvalue weighted by Crippen LogP contribution is -2.34. The van der Waals surface area contributed by atoms with Crippen molar-refractivity contribution in [3.63, 3.8) is 0 Å². The number of carbonyl (C=O) groups is 3. The Morgan fingerprint density at radius 2 is 1.75 bits per heavy atom. The number of ether oxygens (including phenoxy) is 1. The minimum absolute atomic E-state index is 0.182. The van der Waals surface area contributed by atoms with Gasteiger partial charge in [0.05, 0.1) is 12.2 Å². The molecule has 32 heavy (non-hydrogen) atoms. The number of urea groups is 1. The van der Waals surface area contributed by atoms with Crippen molar-refractivity contribution in [2.45, 2.75) is 26.2 Å². The Balaban J connectivity index is 1.66. The van der Waals surface area contributed by atoms with Crippen molar-refractivity contribution >= 4 is 29.3 Å². The van der Waals surface area contributed by atoms with Crippen molar-refractivity contribution in [1.82, 2.24) is 10.6 Å². The summed E-state index contributed by atoms with van der Waals surface area (Å²) in [5.74, 6) is -0.691. The lowest BCUT2D eigenvalue weighted by molar-refractivity contribution is -0.141. The van der Waals surface area contributed by atoms with Crippen LogP contribution >= 0.6 is 0 Å². The molecular formula is C24H30N4O4. The van der Waals surface area contributed by atoms with Gasteiger partial charge in [-0.1, -0.05) is 30.3 Å². The van der Waals surface area contributed by atoms with Gasteiger partial charge in [-0.2, -0.15) is 0 Å². The van der Waals surface area contributed by atoms with Gasteiger partial charge in [-0.05, 0) is 49.9 Å². The van der Waals surface area contributed by atoms with Crippen LogP contribution in [0.1, 0.15) is 35.7 Å². The van der Waals surface area contributed by atoms with Gasteiger partial charge in [0.2, 0.25) is 0 Å². The van der Waals surface area contributed by atoms with Crippen LogP contribution < -0.4 is 20.9 Å². The Morgan fingerprint density at radius 1 is 1.00 bits per heavy atom. The van der Waals surface area contributed by atoms with E-state index in [1.165, 1.54) is 0 Å². The first-order chi connectivity index (χ1) is 15.6. The van der Waals surface area contributed by atoms with E-state index >= 15 is 0 Å². The van der Waals surface area contributed by atoms with E-state index < -0.39 is 12.0 Å². The zero-order valence-corrected chi connectivity index (χ0v) is 18.4. The van der Waals surface area contributed by atoms with Gasteiger partial charge in [0.1, 0.15) is 6.54 Å². The van der Waals surface area contributed by atoms with Crippen LogP contribution in [0.3, 0.4) is 0 Å². The lowest BCUT2D eigenvalue weighted by atomic mass is 10.1. The van der Waals surface area contributed by atoms with Crippen LogP contribution in [-0.2, 0) is 16.0 Å². The Hall–Kier alpha value is -3.55. The topological polar surface area (TPSA) is 99.8 Å². The van der Waals surface area contributed by atoms with Crippen LogP contribution in [-0.4, -0.2) is 50.7 Å². The van der Waals surface area contributed by atoms with Gasteiger partial charge in [-0.25, -0.2) is 4.79 Å². The van der Waals surface area contributed by atoms with E-state index in [1.807, 2.05) is 36.4 Å². The second kappa shape index (κ2) is 11.7. The molecule has 0 atom stereocenters. The van der Waals surface area contributed by atoms with Crippen molar-refractivity contribution in [1.29, 1.82) is 0 Å². The number of esters is 1. The quantitative estimate of drug-likeness (QED) is 0.523. The smallest absolute Gasteiger partial charge is 0.325 e. The largest absolute Gasteiger partial charge is 0.465 e. The number of carbonyl (C=O) groups excluding carboxylic acids is 3. The number of nitrogens with one attached hydrogen (secondary N) is 3.